The van der Waals surface area contributed by atoms with Crippen LogP contribution in [0.3, 0.4) is 0 Å². The molecule has 2 aromatic heterocycles. The first-order chi connectivity index (χ1) is 14.2. The Morgan fingerprint density at radius 3 is 2.76 bits per heavy atom. The molecule has 0 N–H and O–H groups in total. The van der Waals surface area contributed by atoms with Gasteiger partial charge in [-0.25, -0.2) is 0 Å². The highest BCUT2D eigenvalue weighted by Crippen LogP contribution is 2.35. The second-order valence-electron chi connectivity index (χ2n) is 7.74. The van der Waals surface area contributed by atoms with Gasteiger partial charge in [0.1, 0.15) is 11.4 Å². The maximum Gasteiger partial charge on any atom is 0.271 e. The first kappa shape index (κ1) is 17.9. The second-order valence-corrected chi connectivity index (χ2v) is 7.74. The van der Waals surface area contributed by atoms with Gasteiger partial charge in [-0.1, -0.05) is 18.2 Å². The van der Waals surface area contributed by atoms with Crippen molar-refractivity contribution in [2.75, 3.05) is 20.2 Å². The summed E-state index contributed by atoms with van der Waals surface area (Å²) in [7, 11) is 1.69. The highest BCUT2D eigenvalue weighted by Gasteiger charge is 2.44. The van der Waals surface area contributed by atoms with Crippen LogP contribution < -0.4 is 4.74 Å². The summed E-state index contributed by atoms with van der Waals surface area (Å²) >= 11 is 0. The molecule has 0 radical (unpaired) electrons. The van der Waals surface area contributed by atoms with Crippen LogP contribution in [0.4, 0.5) is 0 Å². The third-order valence-electron chi connectivity index (χ3n) is 5.95. The van der Waals surface area contributed by atoms with Crippen LogP contribution in [0, 0.1) is 0 Å². The first-order valence-corrected chi connectivity index (χ1v) is 9.96. The van der Waals surface area contributed by atoms with Crippen molar-refractivity contribution >= 4 is 5.91 Å². The van der Waals surface area contributed by atoms with Crippen LogP contribution >= 0.6 is 0 Å². The van der Waals surface area contributed by atoms with Gasteiger partial charge in [0.2, 0.25) is 0 Å². The monoisotopic (exact) mass is 388 g/mol. The van der Waals surface area contributed by atoms with Gasteiger partial charge in [0.05, 0.1) is 31.4 Å². The van der Waals surface area contributed by atoms with Gasteiger partial charge in [-0.05, 0) is 42.0 Å². The summed E-state index contributed by atoms with van der Waals surface area (Å²) in [5.74, 6) is 0.962. The maximum absolute atomic E-state index is 13.2. The van der Waals surface area contributed by atoms with Crippen molar-refractivity contribution in [2.45, 2.75) is 25.2 Å². The fourth-order valence-corrected chi connectivity index (χ4v) is 4.60. The molecule has 6 nitrogen and oxygen atoms in total. The Bertz CT molecular complexity index is 1020. The number of benzene rings is 1. The number of rotatable bonds is 5. The van der Waals surface area contributed by atoms with Gasteiger partial charge in [-0.2, -0.15) is 0 Å². The minimum absolute atomic E-state index is 0.0881. The number of pyridine rings is 1. The lowest BCUT2D eigenvalue weighted by Crippen LogP contribution is -2.49. The summed E-state index contributed by atoms with van der Waals surface area (Å²) in [6, 6.07) is 18.4. The van der Waals surface area contributed by atoms with Gasteiger partial charge in [-0.3, -0.25) is 14.7 Å². The van der Waals surface area contributed by atoms with Crippen LogP contribution in [-0.4, -0.2) is 51.5 Å². The maximum atomic E-state index is 13.2. The number of carbonyl (C=O) groups excluding carboxylic acids is 1. The Kier molecular flexibility index (Phi) is 4.56. The Balaban J connectivity index is 1.41. The van der Waals surface area contributed by atoms with E-state index in [0.717, 1.165) is 36.8 Å². The standard InChI is InChI=1S/C23H24N4O2/c1-29-19-8-4-6-17(12-19)13-25-15-21-22(16-25)27(14-18-7-2-3-10-24-18)23(28)20-9-5-11-26(20)21/h2-12,21-22H,13-16H2,1H3/t21-,22+/m1/s1. The summed E-state index contributed by atoms with van der Waals surface area (Å²) in [6.07, 6.45) is 3.83. The molecule has 2 atom stereocenters. The fourth-order valence-electron chi connectivity index (χ4n) is 4.60. The minimum atomic E-state index is 0.0881. The number of nitrogens with zero attached hydrogens (tertiary/aromatic N) is 4. The molecule has 2 aliphatic heterocycles. The number of amides is 1. The predicted octanol–water partition coefficient (Wildman–Crippen LogP) is 2.97. The van der Waals surface area contributed by atoms with Crippen molar-refractivity contribution in [3.63, 3.8) is 0 Å². The summed E-state index contributed by atoms with van der Waals surface area (Å²) in [5, 5.41) is 0. The Labute approximate surface area is 170 Å². The van der Waals surface area contributed by atoms with E-state index in [9.17, 15) is 4.79 Å². The molecule has 1 amide bonds. The van der Waals surface area contributed by atoms with Crippen molar-refractivity contribution in [3.05, 3.63) is 83.9 Å². The van der Waals surface area contributed by atoms with Crippen LogP contribution in [0.5, 0.6) is 5.75 Å². The van der Waals surface area contributed by atoms with Crippen molar-refractivity contribution in [3.8, 4) is 5.75 Å². The van der Waals surface area contributed by atoms with E-state index >= 15 is 0 Å². The minimum Gasteiger partial charge on any atom is -0.497 e. The van der Waals surface area contributed by atoms with E-state index in [0.29, 0.717) is 6.54 Å². The topological polar surface area (TPSA) is 50.6 Å². The third-order valence-corrected chi connectivity index (χ3v) is 5.95. The van der Waals surface area contributed by atoms with E-state index in [1.165, 1.54) is 5.56 Å². The van der Waals surface area contributed by atoms with Crippen LogP contribution in [0.2, 0.25) is 0 Å². The summed E-state index contributed by atoms with van der Waals surface area (Å²) in [6.45, 7) is 3.14. The van der Waals surface area contributed by atoms with E-state index in [1.807, 2.05) is 53.6 Å². The van der Waals surface area contributed by atoms with Crippen molar-refractivity contribution in [1.82, 2.24) is 19.4 Å². The Hall–Kier alpha value is -3.12. The molecular weight excluding hydrogens is 364 g/mol. The molecule has 0 unspecified atom stereocenters. The van der Waals surface area contributed by atoms with E-state index < -0.39 is 0 Å². The third kappa shape index (κ3) is 3.29. The molecule has 0 bridgehead atoms. The number of aromatic nitrogens is 2. The van der Waals surface area contributed by atoms with Gasteiger partial charge >= 0.3 is 0 Å². The molecule has 3 aromatic rings. The largest absolute Gasteiger partial charge is 0.497 e. The van der Waals surface area contributed by atoms with Crippen LogP contribution in [0.25, 0.3) is 0 Å². The molecule has 6 heteroatoms. The van der Waals surface area contributed by atoms with Gasteiger partial charge in [0.25, 0.3) is 5.91 Å². The van der Waals surface area contributed by atoms with Gasteiger partial charge < -0.3 is 14.2 Å². The SMILES string of the molecule is COc1cccc(CN2C[C@@H]3[C@H](C2)N(Cc2ccccn2)C(=O)c2cccn23)c1. The van der Waals surface area contributed by atoms with Gasteiger partial charge in [-0.15, -0.1) is 0 Å². The zero-order chi connectivity index (χ0) is 19.8. The quantitative estimate of drug-likeness (QED) is 0.674. The summed E-state index contributed by atoms with van der Waals surface area (Å²) in [5.41, 5.74) is 2.91. The smallest absolute Gasteiger partial charge is 0.271 e. The average molecular weight is 388 g/mol. The number of likely N-dealkylation sites (tertiary alicyclic amines) is 1. The molecule has 1 fully saturated rings. The lowest BCUT2D eigenvalue weighted by molar-refractivity contribution is 0.0553. The molecule has 1 aromatic carbocycles. The molecule has 1 saturated heterocycles. The van der Waals surface area contributed by atoms with Crippen LogP contribution in [0.15, 0.2) is 67.0 Å². The highest BCUT2D eigenvalue weighted by molar-refractivity contribution is 5.94. The van der Waals surface area contributed by atoms with E-state index in [1.54, 1.807) is 13.3 Å². The van der Waals surface area contributed by atoms with Crippen LogP contribution in [0.1, 0.15) is 27.8 Å². The number of carbonyl (C=O) groups is 1. The average Bonchev–Trinajstić information content (AvgIpc) is 3.39. The molecule has 0 saturated carbocycles. The van der Waals surface area contributed by atoms with Crippen molar-refractivity contribution < 1.29 is 9.53 Å². The zero-order valence-corrected chi connectivity index (χ0v) is 16.4. The summed E-state index contributed by atoms with van der Waals surface area (Å²) < 4.78 is 7.53. The number of hydrogen-bond donors (Lipinski definition) is 0. The molecule has 4 heterocycles. The van der Waals surface area contributed by atoms with Gasteiger partial charge in [0, 0.05) is 32.0 Å². The van der Waals surface area contributed by atoms with Crippen molar-refractivity contribution in [2.24, 2.45) is 0 Å². The molecule has 0 spiro atoms. The number of fused-ring (bicyclic) bond motifs is 3. The van der Waals surface area contributed by atoms with Crippen molar-refractivity contribution in [1.29, 1.82) is 0 Å². The molecular formula is C23H24N4O2. The Morgan fingerprint density at radius 2 is 1.93 bits per heavy atom. The van der Waals surface area contributed by atoms with E-state index in [2.05, 4.69) is 26.6 Å². The predicted molar refractivity (Wildman–Crippen MR) is 110 cm³/mol. The fraction of sp³-hybridized carbons (Fsp3) is 0.304. The molecule has 0 aliphatic carbocycles. The summed E-state index contributed by atoms with van der Waals surface area (Å²) in [4.78, 5) is 22.1. The lowest BCUT2D eigenvalue weighted by Gasteiger charge is -2.38. The van der Waals surface area contributed by atoms with E-state index in [-0.39, 0.29) is 18.0 Å². The van der Waals surface area contributed by atoms with E-state index in [4.69, 9.17) is 4.74 Å². The van der Waals surface area contributed by atoms with Gasteiger partial charge in [0.15, 0.2) is 0 Å². The molecule has 29 heavy (non-hydrogen) atoms. The highest BCUT2D eigenvalue weighted by atomic mass is 16.5. The number of methoxy groups -OCH3 is 1. The second kappa shape index (κ2) is 7.37. The normalized spacial score (nSPS) is 21.1. The molecule has 148 valence electrons. The number of hydrogen-bond acceptors (Lipinski definition) is 4. The molecule has 5 rings (SSSR count). The first-order valence-electron chi connectivity index (χ1n) is 9.96. The van der Waals surface area contributed by atoms with Crippen LogP contribution in [-0.2, 0) is 13.1 Å². The molecule has 2 aliphatic rings. The number of ether oxygens (including phenoxy) is 1. The lowest BCUT2D eigenvalue weighted by atomic mass is 10.1. The Morgan fingerprint density at radius 1 is 1.03 bits per heavy atom. The zero-order valence-electron chi connectivity index (χ0n) is 16.4.